The van der Waals surface area contributed by atoms with Gasteiger partial charge in [-0.3, -0.25) is 0 Å². The topological polar surface area (TPSA) is 68.4 Å². The van der Waals surface area contributed by atoms with Gasteiger partial charge in [0.15, 0.2) is 0 Å². The van der Waals surface area contributed by atoms with Crippen molar-refractivity contribution in [1.82, 2.24) is 4.98 Å². The number of ether oxygens (including phenoxy) is 2. The van der Waals surface area contributed by atoms with Crippen molar-refractivity contribution in [3.8, 4) is 0 Å². The molecule has 0 saturated heterocycles. The van der Waals surface area contributed by atoms with E-state index in [2.05, 4.69) is 20.9 Å². The summed E-state index contributed by atoms with van der Waals surface area (Å²) < 4.78 is 10.3. The van der Waals surface area contributed by atoms with Gasteiger partial charge in [-0.2, -0.15) is 0 Å². The van der Waals surface area contributed by atoms with Crippen LogP contribution in [-0.4, -0.2) is 30.1 Å². The number of rotatable bonds is 5. The van der Waals surface area contributed by atoms with Crippen molar-refractivity contribution in [2.24, 2.45) is 0 Å². The van der Waals surface area contributed by atoms with Gasteiger partial charge in [0, 0.05) is 0 Å². The number of H-pyrrole nitrogens is 1. The number of carbonyl (C=O) groups excluding carboxylic acids is 2. The highest BCUT2D eigenvalue weighted by Gasteiger charge is 2.25. The van der Waals surface area contributed by atoms with Crippen LogP contribution >= 0.6 is 15.9 Å². The molecule has 1 N–H and O–H groups in total. The first-order valence-corrected chi connectivity index (χ1v) is 6.60. The standard InChI is InChI=1S/C12H16BrNO4/c1-4-7-8(11(15)17-5-2)10(13)14-9(7)12(16)18-6-3/h14H,4-6H2,1-3H3. The van der Waals surface area contributed by atoms with Crippen LogP contribution in [0.15, 0.2) is 4.60 Å². The van der Waals surface area contributed by atoms with Crippen molar-refractivity contribution in [1.29, 1.82) is 0 Å². The van der Waals surface area contributed by atoms with Gasteiger partial charge in [0.05, 0.1) is 23.4 Å². The van der Waals surface area contributed by atoms with Crippen LogP contribution in [-0.2, 0) is 15.9 Å². The summed E-state index contributed by atoms with van der Waals surface area (Å²) in [5, 5.41) is 0. The molecule has 5 nitrogen and oxygen atoms in total. The zero-order chi connectivity index (χ0) is 13.7. The van der Waals surface area contributed by atoms with E-state index in [-0.39, 0.29) is 13.2 Å². The molecule has 0 aromatic carbocycles. The van der Waals surface area contributed by atoms with Crippen LogP contribution in [0.2, 0.25) is 0 Å². The summed E-state index contributed by atoms with van der Waals surface area (Å²) >= 11 is 3.23. The van der Waals surface area contributed by atoms with E-state index >= 15 is 0 Å². The molecule has 1 aromatic heterocycles. The number of nitrogens with one attached hydrogen (secondary N) is 1. The van der Waals surface area contributed by atoms with Crippen LogP contribution in [0.3, 0.4) is 0 Å². The fraction of sp³-hybridized carbons (Fsp3) is 0.500. The van der Waals surface area contributed by atoms with Crippen molar-refractivity contribution >= 4 is 27.9 Å². The molecule has 0 atom stereocenters. The summed E-state index contributed by atoms with van der Waals surface area (Å²) in [5.74, 6) is -0.918. The Bertz CT molecular complexity index is 453. The predicted octanol–water partition coefficient (Wildman–Crippen LogP) is 2.69. The summed E-state index contributed by atoms with van der Waals surface area (Å²) in [6, 6.07) is 0. The molecule has 0 bridgehead atoms. The minimum absolute atomic E-state index is 0.285. The molecule has 100 valence electrons. The molecule has 6 heteroatoms. The lowest BCUT2D eigenvalue weighted by Gasteiger charge is -2.04. The SMILES string of the molecule is CCOC(=O)c1[nH]c(Br)c(C(=O)OCC)c1CC. The van der Waals surface area contributed by atoms with E-state index in [1.165, 1.54) is 0 Å². The van der Waals surface area contributed by atoms with Gasteiger partial charge in [-0.15, -0.1) is 0 Å². The van der Waals surface area contributed by atoms with E-state index in [9.17, 15) is 9.59 Å². The van der Waals surface area contributed by atoms with Crippen LogP contribution in [0.5, 0.6) is 0 Å². The predicted molar refractivity (Wildman–Crippen MR) is 69.8 cm³/mol. The molecule has 0 radical (unpaired) electrons. The normalized spacial score (nSPS) is 10.2. The monoisotopic (exact) mass is 317 g/mol. The Hall–Kier alpha value is -1.30. The lowest BCUT2D eigenvalue weighted by atomic mass is 10.1. The van der Waals surface area contributed by atoms with Crippen LogP contribution in [0.25, 0.3) is 0 Å². The molecule has 0 amide bonds. The average molecular weight is 318 g/mol. The number of esters is 2. The number of hydrogen-bond donors (Lipinski definition) is 1. The van der Waals surface area contributed by atoms with E-state index in [1.54, 1.807) is 13.8 Å². The van der Waals surface area contributed by atoms with E-state index in [0.29, 0.717) is 27.8 Å². The molecular formula is C12H16BrNO4. The number of aromatic nitrogens is 1. The van der Waals surface area contributed by atoms with Gasteiger partial charge >= 0.3 is 11.9 Å². The summed E-state index contributed by atoms with van der Waals surface area (Å²) in [5.41, 5.74) is 1.27. The van der Waals surface area contributed by atoms with Gasteiger partial charge < -0.3 is 14.5 Å². The molecule has 18 heavy (non-hydrogen) atoms. The molecule has 1 aromatic rings. The molecule has 0 aliphatic heterocycles. The first kappa shape index (κ1) is 14.8. The summed E-state index contributed by atoms with van der Waals surface area (Å²) in [6.07, 6.45) is 0.532. The quantitative estimate of drug-likeness (QED) is 0.848. The molecule has 1 rings (SSSR count). The third-order valence-electron chi connectivity index (χ3n) is 2.37. The summed E-state index contributed by atoms with van der Waals surface area (Å²) in [7, 11) is 0. The van der Waals surface area contributed by atoms with Gasteiger partial charge in [-0.05, 0) is 41.8 Å². The van der Waals surface area contributed by atoms with Gasteiger partial charge in [-0.1, -0.05) is 6.92 Å². The second kappa shape index (κ2) is 6.58. The Balaban J connectivity index is 3.20. The minimum Gasteiger partial charge on any atom is -0.462 e. The van der Waals surface area contributed by atoms with Crippen molar-refractivity contribution in [3.63, 3.8) is 0 Å². The van der Waals surface area contributed by atoms with Crippen molar-refractivity contribution in [2.45, 2.75) is 27.2 Å². The van der Waals surface area contributed by atoms with Gasteiger partial charge in [0.1, 0.15) is 5.69 Å². The van der Waals surface area contributed by atoms with Crippen LogP contribution in [0.4, 0.5) is 0 Å². The first-order valence-electron chi connectivity index (χ1n) is 5.81. The Morgan fingerprint density at radius 1 is 1.11 bits per heavy atom. The number of halogens is 1. The highest BCUT2D eigenvalue weighted by atomic mass is 79.9. The molecular weight excluding hydrogens is 302 g/mol. The third kappa shape index (κ3) is 2.93. The summed E-state index contributed by atoms with van der Waals surface area (Å²) in [4.78, 5) is 26.4. The number of hydrogen-bond acceptors (Lipinski definition) is 4. The molecule has 0 saturated carbocycles. The third-order valence-corrected chi connectivity index (χ3v) is 2.97. The van der Waals surface area contributed by atoms with Gasteiger partial charge in [-0.25, -0.2) is 9.59 Å². The Morgan fingerprint density at radius 2 is 1.67 bits per heavy atom. The largest absolute Gasteiger partial charge is 0.462 e. The maximum atomic E-state index is 11.8. The molecule has 0 spiro atoms. The van der Waals surface area contributed by atoms with Crippen molar-refractivity contribution < 1.29 is 19.1 Å². The van der Waals surface area contributed by atoms with E-state index < -0.39 is 11.9 Å². The van der Waals surface area contributed by atoms with E-state index in [4.69, 9.17) is 9.47 Å². The minimum atomic E-state index is -0.467. The molecule has 0 fully saturated rings. The maximum absolute atomic E-state index is 11.8. The number of aromatic amines is 1. The zero-order valence-electron chi connectivity index (χ0n) is 10.6. The van der Waals surface area contributed by atoms with Crippen LogP contribution in [0, 0.1) is 0 Å². The fourth-order valence-electron chi connectivity index (χ4n) is 1.65. The lowest BCUT2D eigenvalue weighted by Crippen LogP contribution is -2.10. The second-order valence-corrected chi connectivity index (χ2v) is 4.26. The van der Waals surface area contributed by atoms with E-state index in [1.807, 2.05) is 6.92 Å². The van der Waals surface area contributed by atoms with Crippen LogP contribution in [0.1, 0.15) is 47.2 Å². The molecule has 1 heterocycles. The van der Waals surface area contributed by atoms with Crippen molar-refractivity contribution in [3.05, 3.63) is 21.4 Å². The molecule has 0 aliphatic rings. The number of carbonyl (C=O) groups is 2. The highest BCUT2D eigenvalue weighted by molar-refractivity contribution is 9.10. The maximum Gasteiger partial charge on any atom is 0.355 e. The Kier molecular flexibility index (Phi) is 5.40. The zero-order valence-corrected chi connectivity index (χ0v) is 12.2. The van der Waals surface area contributed by atoms with Gasteiger partial charge in [0.25, 0.3) is 0 Å². The Labute approximate surface area is 114 Å². The van der Waals surface area contributed by atoms with Crippen molar-refractivity contribution in [2.75, 3.05) is 13.2 Å². The smallest absolute Gasteiger partial charge is 0.355 e. The first-order chi connectivity index (χ1) is 8.56. The second-order valence-electron chi connectivity index (χ2n) is 3.46. The van der Waals surface area contributed by atoms with E-state index in [0.717, 1.165) is 0 Å². The molecule has 0 unspecified atom stereocenters. The lowest BCUT2D eigenvalue weighted by molar-refractivity contribution is 0.0518. The average Bonchev–Trinajstić information content (AvgIpc) is 2.66. The summed E-state index contributed by atoms with van der Waals surface area (Å²) in [6.45, 7) is 5.90. The van der Waals surface area contributed by atoms with Gasteiger partial charge in [0.2, 0.25) is 0 Å². The Morgan fingerprint density at radius 3 is 2.17 bits per heavy atom. The van der Waals surface area contributed by atoms with Crippen LogP contribution < -0.4 is 0 Å². The molecule has 0 aliphatic carbocycles. The highest BCUT2D eigenvalue weighted by Crippen LogP contribution is 2.26. The fourth-order valence-corrected chi connectivity index (χ4v) is 2.25.